The van der Waals surface area contributed by atoms with Crippen molar-refractivity contribution in [1.82, 2.24) is 19.7 Å². The van der Waals surface area contributed by atoms with Crippen LogP contribution >= 0.6 is 0 Å². The van der Waals surface area contributed by atoms with Gasteiger partial charge in [-0.1, -0.05) is 6.07 Å². The number of hydrogen-bond donors (Lipinski definition) is 1. The van der Waals surface area contributed by atoms with Crippen LogP contribution in [0.25, 0.3) is 0 Å². The van der Waals surface area contributed by atoms with E-state index in [9.17, 15) is 18.0 Å². The van der Waals surface area contributed by atoms with Crippen LogP contribution in [0.3, 0.4) is 0 Å². The SMILES string of the molecule is CN(Cc1cccc(C(=O)O)n1)Cc1cn(C)nc1C(F)(F)F. The van der Waals surface area contributed by atoms with Crippen LogP contribution < -0.4 is 0 Å². The molecule has 2 rings (SSSR count). The molecule has 0 aliphatic carbocycles. The Hall–Kier alpha value is -2.42. The first-order valence-corrected chi connectivity index (χ1v) is 6.64. The fraction of sp³-hybridized carbons (Fsp3) is 0.357. The summed E-state index contributed by atoms with van der Waals surface area (Å²) in [6.45, 7) is 0.231. The molecule has 9 heteroatoms. The molecule has 0 amide bonds. The Morgan fingerprint density at radius 2 is 2.04 bits per heavy atom. The second-order valence-electron chi connectivity index (χ2n) is 5.17. The smallest absolute Gasteiger partial charge is 0.435 e. The molecule has 2 heterocycles. The molecule has 0 unspecified atom stereocenters. The van der Waals surface area contributed by atoms with Crippen LogP contribution in [0.5, 0.6) is 0 Å². The highest BCUT2D eigenvalue weighted by Crippen LogP contribution is 2.31. The van der Waals surface area contributed by atoms with Gasteiger partial charge >= 0.3 is 12.1 Å². The van der Waals surface area contributed by atoms with Gasteiger partial charge in [0.15, 0.2) is 5.69 Å². The van der Waals surface area contributed by atoms with E-state index in [4.69, 9.17) is 5.11 Å². The minimum absolute atomic E-state index is 0.0155. The molecule has 0 aliphatic heterocycles. The van der Waals surface area contributed by atoms with Gasteiger partial charge in [0.1, 0.15) is 5.69 Å². The molecular weight excluding hydrogens is 313 g/mol. The summed E-state index contributed by atoms with van der Waals surface area (Å²) in [5, 5.41) is 12.3. The van der Waals surface area contributed by atoms with Crippen molar-refractivity contribution in [2.45, 2.75) is 19.3 Å². The molecule has 0 fully saturated rings. The Bertz CT molecular complexity index is 712. The van der Waals surface area contributed by atoms with E-state index in [1.807, 2.05) is 0 Å². The summed E-state index contributed by atoms with van der Waals surface area (Å²) in [6.07, 6.45) is -3.20. The maximum Gasteiger partial charge on any atom is 0.435 e. The molecule has 0 aliphatic rings. The van der Waals surface area contributed by atoms with E-state index >= 15 is 0 Å². The van der Waals surface area contributed by atoms with Crippen LogP contribution in [0.15, 0.2) is 24.4 Å². The standard InChI is InChI=1S/C14H15F3N4O2/c1-20(8-10-4-3-5-11(18-10)13(22)23)6-9-7-21(2)19-12(9)14(15,16)17/h3-5,7H,6,8H2,1-2H3,(H,22,23). The Morgan fingerprint density at radius 1 is 1.35 bits per heavy atom. The largest absolute Gasteiger partial charge is 0.477 e. The van der Waals surface area contributed by atoms with Crippen LogP contribution in [0.1, 0.15) is 27.4 Å². The third-order valence-corrected chi connectivity index (χ3v) is 3.07. The zero-order chi connectivity index (χ0) is 17.2. The number of carboxylic acids is 1. The van der Waals surface area contributed by atoms with E-state index in [-0.39, 0.29) is 24.3 Å². The monoisotopic (exact) mass is 328 g/mol. The van der Waals surface area contributed by atoms with Gasteiger partial charge in [-0.2, -0.15) is 18.3 Å². The van der Waals surface area contributed by atoms with Crippen molar-refractivity contribution in [2.75, 3.05) is 7.05 Å². The fourth-order valence-corrected chi connectivity index (χ4v) is 2.20. The number of hydrogen-bond acceptors (Lipinski definition) is 4. The highest BCUT2D eigenvalue weighted by atomic mass is 19.4. The van der Waals surface area contributed by atoms with Crippen LogP contribution in [0.4, 0.5) is 13.2 Å². The Morgan fingerprint density at radius 3 is 2.65 bits per heavy atom. The first kappa shape index (κ1) is 16.9. The molecule has 0 atom stereocenters. The van der Waals surface area contributed by atoms with Crippen molar-refractivity contribution in [3.05, 3.63) is 47.0 Å². The van der Waals surface area contributed by atoms with Crippen molar-refractivity contribution in [1.29, 1.82) is 0 Å². The van der Waals surface area contributed by atoms with Gasteiger partial charge in [-0.3, -0.25) is 9.58 Å². The van der Waals surface area contributed by atoms with Crippen molar-refractivity contribution >= 4 is 5.97 Å². The second kappa shape index (κ2) is 6.37. The maximum atomic E-state index is 12.9. The molecule has 0 saturated heterocycles. The first-order chi connectivity index (χ1) is 10.7. The van der Waals surface area contributed by atoms with E-state index in [2.05, 4.69) is 10.1 Å². The van der Waals surface area contributed by atoms with Gasteiger partial charge in [0, 0.05) is 31.9 Å². The molecule has 124 valence electrons. The predicted molar refractivity (Wildman–Crippen MR) is 74.6 cm³/mol. The van der Waals surface area contributed by atoms with Gasteiger partial charge in [0.2, 0.25) is 0 Å². The molecule has 6 nitrogen and oxygen atoms in total. The Labute approximate surface area is 130 Å². The van der Waals surface area contributed by atoms with E-state index in [1.165, 1.54) is 19.3 Å². The normalized spacial score (nSPS) is 11.9. The van der Waals surface area contributed by atoms with Gasteiger partial charge in [-0.25, -0.2) is 9.78 Å². The zero-order valence-corrected chi connectivity index (χ0v) is 12.5. The number of aromatic carboxylic acids is 1. The van der Waals surface area contributed by atoms with Gasteiger partial charge < -0.3 is 5.11 Å². The molecule has 0 aromatic carbocycles. The first-order valence-electron chi connectivity index (χ1n) is 6.64. The Balaban J connectivity index is 2.13. The number of aryl methyl sites for hydroxylation is 1. The maximum absolute atomic E-state index is 12.9. The second-order valence-corrected chi connectivity index (χ2v) is 5.17. The lowest BCUT2D eigenvalue weighted by atomic mass is 10.2. The number of aromatic nitrogens is 3. The third-order valence-electron chi connectivity index (χ3n) is 3.07. The minimum Gasteiger partial charge on any atom is -0.477 e. The van der Waals surface area contributed by atoms with Crippen molar-refractivity contribution in [3.8, 4) is 0 Å². The molecule has 1 N–H and O–H groups in total. The summed E-state index contributed by atoms with van der Waals surface area (Å²) < 4.78 is 39.8. The number of rotatable bonds is 5. The average Bonchev–Trinajstić information content (AvgIpc) is 2.79. The molecule has 2 aromatic heterocycles. The summed E-state index contributed by atoms with van der Waals surface area (Å²) in [4.78, 5) is 16.4. The van der Waals surface area contributed by atoms with Gasteiger partial charge in [0.05, 0.1) is 5.69 Å². The summed E-state index contributed by atoms with van der Waals surface area (Å²) >= 11 is 0. The molecule has 23 heavy (non-hydrogen) atoms. The van der Waals surface area contributed by atoms with Crippen molar-refractivity contribution in [2.24, 2.45) is 7.05 Å². The summed E-state index contributed by atoms with van der Waals surface area (Å²) in [5.74, 6) is -1.15. The number of carboxylic acid groups (broad SMARTS) is 1. The highest BCUT2D eigenvalue weighted by Gasteiger charge is 2.37. The van der Waals surface area contributed by atoms with Crippen LogP contribution in [0.2, 0.25) is 0 Å². The molecule has 0 bridgehead atoms. The van der Waals surface area contributed by atoms with Crippen molar-refractivity contribution in [3.63, 3.8) is 0 Å². The molecule has 2 aromatic rings. The van der Waals surface area contributed by atoms with Gasteiger partial charge in [-0.05, 0) is 19.2 Å². The number of nitrogens with zero attached hydrogens (tertiary/aromatic N) is 4. The van der Waals surface area contributed by atoms with E-state index < -0.39 is 17.8 Å². The fourth-order valence-electron chi connectivity index (χ4n) is 2.20. The lowest BCUT2D eigenvalue weighted by molar-refractivity contribution is -0.142. The van der Waals surface area contributed by atoms with Crippen LogP contribution in [0, 0.1) is 0 Å². The average molecular weight is 328 g/mol. The van der Waals surface area contributed by atoms with E-state index in [1.54, 1.807) is 24.1 Å². The van der Waals surface area contributed by atoms with Crippen LogP contribution in [-0.2, 0) is 26.3 Å². The molecule has 0 spiro atoms. The lowest BCUT2D eigenvalue weighted by Gasteiger charge is -2.16. The van der Waals surface area contributed by atoms with Crippen molar-refractivity contribution < 1.29 is 23.1 Å². The number of alkyl halides is 3. The Kier molecular flexibility index (Phi) is 4.69. The quantitative estimate of drug-likeness (QED) is 0.911. The topological polar surface area (TPSA) is 71.2 Å². The summed E-state index contributed by atoms with van der Waals surface area (Å²) in [5.41, 5.74) is -0.505. The number of pyridine rings is 1. The summed E-state index contributed by atoms with van der Waals surface area (Å²) in [7, 11) is 3.05. The van der Waals surface area contributed by atoms with E-state index in [0.29, 0.717) is 5.69 Å². The van der Waals surface area contributed by atoms with Crippen LogP contribution in [-0.4, -0.2) is 37.8 Å². The molecular formula is C14H15F3N4O2. The number of carbonyl (C=O) groups is 1. The predicted octanol–water partition coefficient (Wildman–Crippen LogP) is 2.16. The summed E-state index contributed by atoms with van der Waals surface area (Å²) in [6, 6.07) is 4.52. The van der Waals surface area contributed by atoms with E-state index in [0.717, 1.165) is 4.68 Å². The minimum atomic E-state index is -4.51. The third kappa shape index (κ3) is 4.28. The molecule has 0 saturated carbocycles. The van der Waals surface area contributed by atoms with Gasteiger partial charge in [-0.15, -0.1) is 0 Å². The number of halogens is 3. The lowest BCUT2D eigenvalue weighted by Crippen LogP contribution is -2.20. The zero-order valence-electron chi connectivity index (χ0n) is 12.5. The molecule has 0 radical (unpaired) electrons. The highest BCUT2D eigenvalue weighted by molar-refractivity contribution is 5.85. The van der Waals surface area contributed by atoms with Gasteiger partial charge in [0.25, 0.3) is 0 Å².